The molecule has 1 aromatic carbocycles. The van der Waals surface area contributed by atoms with Crippen LogP contribution in [0.15, 0.2) is 28.6 Å². The molecule has 2 N–H and O–H groups in total. The SMILES string of the molecule is CCNC(=NCc1nc(C(F)(F)F)cs1)NC(C)c1cc(C)ccc1OC.I. The standard InChI is InChI=1S/C18H23F3N4OS.HI/c1-5-22-17(23-9-16-25-15(10-27-16)18(19,20)21)24-12(3)13-8-11(2)6-7-14(13)26-4;/h6-8,10,12H,5,9H2,1-4H3,(H2,22,23,24);1H. The van der Waals surface area contributed by atoms with Gasteiger partial charge in [-0.25, -0.2) is 9.98 Å². The van der Waals surface area contributed by atoms with Crippen LogP contribution in [0.3, 0.4) is 0 Å². The van der Waals surface area contributed by atoms with E-state index in [1.54, 1.807) is 7.11 Å². The summed E-state index contributed by atoms with van der Waals surface area (Å²) in [5.74, 6) is 1.25. The number of methoxy groups -OCH3 is 1. The van der Waals surface area contributed by atoms with E-state index in [4.69, 9.17) is 4.74 Å². The highest BCUT2D eigenvalue weighted by Gasteiger charge is 2.33. The summed E-state index contributed by atoms with van der Waals surface area (Å²) in [6.07, 6.45) is -4.43. The van der Waals surface area contributed by atoms with Gasteiger partial charge >= 0.3 is 6.18 Å². The maximum Gasteiger partial charge on any atom is 0.434 e. The zero-order valence-corrected chi connectivity index (χ0v) is 19.2. The lowest BCUT2D eigenvalue weighted by Gasteiger charge is -2.20. The summed E-state index contributed by atoms with van der Waals surface area (Å²) in [5, 5.41) is 7.66. The third-order valence-electron chi connectivity index (χ3n) is 3.76. The van der Waals surface area contributed by atoms with Crippen molar-refractivity contribution in [3.63, 3.8) is 0 Å². The van der Waals surface area contributed by atoms with Gasteiger partial charge < -0.3 is 15.4 Å². The van der Waals surface area contributed by atoms with Crippen molar-refractivity contribution in [1.82, 2.24) is 15.6 Å². The number of hydrogen-bond donors (Lipinski definition) is 2. The fourth-order valence-electron chi connectivity index (χ4n) is 2.46. The Labute approximate surface area is 183 Å². The number of hydrogen-bond acceptors (Lipinski definition) is 4. The van der Waals surface area contributed by atoms with Crippen LogP contribution in [0.1, 0.15) is 41.7 Å². The molecule has 0 amide bonds. The van der Waals surface area contributed by atoms with Crippen molar-refractivity contribution in [3.05, 3.63) is 45.4 Å². The number of thiazole rings is 1. The Morgan fingerprint density at radius 3 is 2.64 bits per heavy atom. The normalized spacial score (nSPS) is 12.9. The maximum atomic E-state index is 12.7. The number of ether oxygens (including phenoxy) is 1. The predicted molar refractivity (Wildman–Crippen MR) is 117 cm³/mol. The van der Waals surface area contributed by atoms with Crippen molar-refractivity contribution in [2.75, 3.05) is 13.7 Å². The minimum Gasteiger partial charge on any atom is -0.496 e. The van der Waals surface area contributed by atoms with Crippen molar-refractivity contribution >= 4 is 41.3 Å². The van der Waals surface area contributed by atoms with E-state index in [-0.39, 0.29) is 36.6 Å². The molecular formula is C18H24F3IN4OS. The highest BCUT2D eigenvalue weighted by atomic mass is 127. The lowest BCUT2D eigenvalue weighted by molar-refractivity contribution is -0.140. The number of nitrogens with zero attached hydrogens (tertiary/aromatic N) is 2. The number of guanidine groups is 1. The summed E-state index contributed by atoms with van der Waals surface area (Å²) in [6.45, 7) is 6.56. The van der Waals surface area contributed by atoms with Crippen LogP contribution in [0.4, 0.5) is 13.2 Å². The number of rotatable bonds is 6. The van der Waals surface area contributed by atoms with E-state index in [2.05, 4.69) is 20.6 Å². The van der Waals surface area contributed by atoms with Gasteiger partial charge in [0.25, 0.3) is 0 Å². The average Bonchev–Trinajstić information content (AvgIpc) is 3.09. The van der Waals surface area contributed by atoms with Crippen molar-refractivity contribution in [2.45, 2.75) is 39.5 Å². The number of halogens is 4. The number of benzene rings is 1. The third-order valence-corrected chi connectivity index (χ3v) is 4.60. The first-order chi connectivity index (χ1) is 12.7. The van der Waals surface area contributed by atoms with Crippen molar-refractivity contribution < 1.29 is 17.9 Å². The highest BCUT2D eigenvalue weighted by molar-refractivity contribution is 14.0. The van der Waals surface area contributed by atoms with Gasteiger partial charge in [0.05, 0.1) is 19.7 Å². The summed E-state index contributed by atoms with van der Waals surface area (Å²) in [7, 11) is 1.61. The number of alkyl halides is 3. The molecule has 28 heavy (non-hydrogen) atoms. The molecule has 1 atom stereocenters. The molecule has 0 bridgehead atoms. The summed E-state index contributed by atoms with van der Waals surface area (Å²) in [6, 6.07) is 5.78. The van der Waals surface area contributed by atoms with E-state index in [0.29, 0.717) is 17.5 Å². The Kier molecular flexibility index (Phi) is 9.48. The van der Waals surface area contributed by atoms with E-state index < -0.39 is 11.9 Å². The van der Waals surface area contributed by atoms with Gasteiger partial charge in [-0.15, -0.1) is 35.3 Å². The fourth-order valence-corrected chi connectivity index (χ4v) is 3.18. The Balaban J connectivity index is 0.00000392. The first-order valence-electron chi connectivity index (χ1n) is 8.45. The molecule has 0 saturated carbocycles. The van der Waals surface area contributed by atoms with Crippen LogP contribution in [0.2, 0.25) is 0 Å². The van der Waals surface area contributed by atoms with Crippen LogP contribution in [-0.2, 0) is 12.7 Å². The van der Waals surface area contributed by atoms with Crippen molar-refractivity contribution in [2.24, 2.45) is 4.99 Å². The van der Waals surface area contributed by atoms with E-state index >= 15 is 0 Å². The fraction of sp³-hybridized carbons (Fsp3) is 0.444. The Morgan fingerprint density at radius 2 is 2.07 bits per heavy atom. The van der Waals surface area contributed by atoms with Gasteiger partial charge in [0, 0.05) is 17.5 Å². The molecule has 0 saturated heterocycles. The monoisotopic (exact) mass is 528 g/mol. The van der Waals surface area contributed by atoms with Crippen LogP contribution in [0.25, 0.3) is 0 Å². The summed E-state index contributed by atoms with van der Waals surface area (Å²) >= 11 is 0.946. The van der Waals surface area contributed by atoms with Gasteiger partial charge in [0.1, 0.15) is 10.8 Å². The molecule has 0 aliphatic rings. The minimum atomic E-state index is -4.43. The number of nitrogens with one attached hydrogen (secondary N) is 2. The Hall–Kier alpha value is -1.56. The molecule has 0 aliphatic heterocycles. The van der Waals surface area contributed by atoms with Gasteiger partial charge in [-0.3, -0.25) is 0 Å². The zero-order valence-electron chi connectivity index (χ0n) is 16.1. The van der Waals surface area contributed by atoms with Crippen LogP contribution < -0.4 is 15.4 Å². The Bertz CT molecular complexity index is 795. The van der Waals surface area contributed by atoms with Gasteiger partial charge in [-0.05, 0) is 26.8 Å². The molecule has 0 aliphatic carbocycles. The molecule has 10 heteroatoms. The first-order valence-corrected chi connectivity index (χ1v) is 9.33. The van der Waals surface area contributed by atoms with E-state index in [9.17, 15) is 13.2 Å². The molecule has 1 heterocycles. The third kappa shape index (κ3) is 6.80. The minimum absolute atomic E-state index is 0. The van der Waals surface area contributed by atoms with Crippen LogP contribution in [0.5, 0.6) is 5.75 Å². The van der Waals surface area contributed by atoms with Crippen molar-refractivity contribution in [3.8, 4) is 5.75 Å². The first kappa shape index (κ1) is 24.5. The predicted octanol–water partition coefficient (Wildman–Crippen LogP) is 4.91. The highest BCUT2D eigenvalue weighted by Crippen LogP contribution is 2.30. The lowest BCUT2D eigenvalue weighted by atomic mass is 10.0. The molecule has 1 unspecified atom stereocenters. The average molecular weight is 528 g/mol. The van der Waals surface area contributed by atoms with Crippen LogP contribution in [0, 0.1) is 6.92 Å². The molecule has 2 aromatic rings. The van der Waals surface area contributed by atoms with Crippen LogP contribution >= 0.6 is 35.3 Å². The van der Waals surface area contributed by atoms with E-state index in [0.717, 1.165) is 33.6 Å². The second-order valence-electron chi connectivity index (χ2n) is 5.93. The maximum absolute atomic E-state index is 12.7. The second-order valence-corrected chi connectivity index (χ2v) is 6.87. The van der Waals surface area contributed by atoms with E-state index in [1.165, 1.54) is 0 Å². The zero-order chi connectivity index (χ0) is 20.0. The van der Waals surface area contributed by atoms with Gasteiger partial charge in [-0.2, -0.15) is 13.2 Å². The molecule has 0 radical (unpaired) electrons. The molecule has 1 aromatic heterocycles. The molecule has 2 rings (SSSR count). The van der Waals surface area contributed by atoms with Gasteiger partial charge in [0.2, 0.25) is 0 Å². The van der Waals surface area contributed by atoms with Gasteiger partial charge in [0.15, 0.2) is 11.7 Å². The largest absolute Gasteiger partial charge is 0.496 e. The summed E-state index contributed by atoms with van der Waals surface area (Å²) in [5.41, 5.74) is 1.19. The molecule has 5 nitrogen and oxygen atoms in total. The van der Waals surface area contributed by atoms with Crippen molar-refractivity contribution in [1.29, 1.82) is 0 Å². The number of aliphatic imine (C=N–C) groups is 1. The van der Waals surface area contributed by atoms with E-state index in [1.807, 2.05) is 39.0 Å². The molecule has 156 valence electrons. The van der Waals surface area contributed by atoms with Crippen LogP contribution in [-0.4, -0.2) is 24.6 Å². The summed E-state index contributed by atoms with van der Waals surface area (Å²) in [4.78, 5) is 7.96. The summed E-state index contributed by atoms with van der Waals surface area (Å²) < 4.78 is 43.4. The second kappa shape index (κ2) is 10.8. The van der Waals surface area contributed by atoms with Gasteiger partial charge in [-0.1, -0.05) is 17.7 Å². The quantitative estimate of drug-likeness (QED) is 0.318. The molecule has 0 spiro atoms. The molecule has 0 fully saturated rings. The number of aromatic nitrogens is 1. The smallest absolute Gasteiger partial charge is 0.434 e. The molecular weight excluding hydrogens is 504 g/mol. The number of aryl methyl sites for hydroxylation is 1. The Morgan fingerprint density at radius 1 is 1.36 bits per heavy atom. The topological polar surface area (TPSA) is 58.5 Å². The lowest BCUT2D eigenvalue weighted by Crippen LogP contribution is -2.38.